The molecule has 2 nitrogen and oxygen atoms in total. The standard InChI is InChI=1S/C14H17ClN2/c1-9-7-17-14-12(9)5-11(6-13(14)15)10-3-2-4-16-8-10/h5-7,10,16-17H,2-4,8H2,1H3. The second kappa shape index (κ2) is 4.35. The predicted molar refractivity (Wildman–Crippen MR) is 72.9 cm³/mol. The summed E-state index contributed by atoms with van der Waals surface area (Å²) in [7, 11) is 0. The van der Waals surface area contributed by atoms with Crippen LogP contribution in [0.15, 0.2) is 18.3 Å². The monoisotopic (exact) mass is 248 g/mol. The van der Waals surface area contributed by atoms with Crippen LogP contribution in [0.1, 0.15) is 29.9 Å². The van der Waals surface area contributed by atoms with E-state index in [9.17, 15) is 0 Å². The van der Waals surface area contributed by atoms with Gasteiger partial charge in [-0.25, -0.2) is 0 Å². The Morgan fingerprint density at radius 3 is 3.00 bits per heavy atom. The second-order valence-corrected chi connectivity index (χ2v) is 5.35. The molecule has 0 saturated carbocycles. The van der Waals surface area contributed by atoms with E-state index in [1.807, 2.05) is 6.20 Å². The molecule has 0 amide bonds. The summed E-state index contributed by atoms with van der Waals surface area (Å²) >= 11 is 6.34. The Morgan fingerprint density at radius 2 is 2.24 bits per heavy atom. The number of H-pyrrole nitrogens is 1. The van der Waals surface area contributed by atoms with Crippen molar-refractivity contribution in [2.75, 3.05) is 13.1 Å². The highest BCUT2D eigenvalue weighted by molar-refractivity contribution is 6.35. The van der Waals surface area contributed by atoms with Gasteiger partial charge in [0.05, 0.1) is 10.5 Å². The minimum Gasteiger partial charge on any atom is -0.360 e. The van der Waals surface area contributed by atoms with Crippen LogP contribution in [-0.4, -0.2) is 18.1 Å². The molecule has 3 rings (SSSR count). The van der Waals surface area contributed by atoms with Crippen LogP contribution in [0.25, 0.3) is 10.9 Å². The number of aromatic amines is 1. The summed E-state index contributed by atoms with van der Waals surface area (Å²) in [4.78, 5) is 3.24. The quantitative estimate of drug-likeness (QED) is 0.793. The van der Waals surface area contributed by atoms with Crippen molar-refractivity contribution in [1.82, 2.24) is 10.3 Å². The number of aryl methyl sites for hydroxylation is 1. The van der Waals surface area contributed by atoms with Crippen LogP contribution in [0.2, 0.25) is 5.02 Å². The zero-order valence-corrected chi connectivity index (χ0v) is 10.8. The molecule has 1 atom stereocenters. The third kappa shape index (κ3) is 1.96. The second-order valence-electron chi connectivity index (χ2n) is 4.94. The summed E-state index contributed by atoms with van der Waals surface area (Å²) in [5.74, 6) is 0.611. The Kier molecular flexibility index (Phi) is 2.85. The molecule has 0 spiro atoms. The van der Waals surface area contributed by atoms with E-state index in [1.54, 1.807) is 0 Å². The summed E-state index contributed by atoms with van der Waals surface area (Å²) in [5, 5.41) is 5.56. The molecule has 1 aromatic carbocycles. The number of hydrogen-bond donors (Lipinski definition) is 2. The fraction of sp³-hybridized carbons (Fsp3) is 0.429. The predicted octanol–water partition coefficient (Wildman–Crippen LogP) is 3.60. The first kappa shape index (κ1) is 11.1. The van der Waals surface area contributed by atoms with Gasteiger partial charge in [0.1, 0.15) is 0 Å². The molecular weight excluding hydrogens is 232 g/mol. The molecule has 90 valence electrons. The number of rotatable bonds is 1. The highest BCUT2D eigenvalue weighted by Gasteiger charge is 2.17. The first-order valence-corrected chi connectivity index (χ1v) is 6.61. The van der Waals surface area contributed by atoms with Gasteiger partial charge in [0.15, 0.2) is 0 Å². The maximum Gasteiger partial charge on any atom is 0.0649 e. The van der Waals surface area contributed by atoms with E-state index in [-0.39, 0.29) is 0 Å². The zero-order chi connectivity index (χ0) is 11.8. The number of benzene rings is 1. The SMILES string of the molecule is Cc1c[nH]c2c(Cl)cc(C3CCCNC3)cc12. The van der Waals surface area contributed by atoms with E-state index in [4.69, 9.17) is 11.6 Å². The number of piperidine rings is 1. The molecule has 2 aromatic rings. The smallest absolute Gasteiger partial charge is 0.0649 e. The lowest BCUT2D eigenvalue weighted by Gasteiger charge is -2.23. The number of halogens is 1. The van der Waals surface area contributed by atoms with Crippen LogP contribution >= 0.6 is 11.6 Å². The van der Waals surface area contributed by atoms with Crippen LogP contribution in [0, 0.1) is 6.92 Å². The van der Waals surface area contributed by atoms with Crippen LogP contribution in [0.3, 0.4) is 0 Å². The lowest BCUT2D eigenvalue weighted by atomic mass is 9.91. The Morgan fingerprint density at radius 1 is 1.35 bits per heavy atom. The number of nitrogens with one attached hydrogen (secondary N) is 2. The molecule has 2 N–H and O–H groups in total. The fourth-order valence-corrected chi connectivity index (χ4v) is 3.00. The summed E-state index contributed by atoms with van der Waals surface area (Å²) in [6.45, 7) is 4.35. The van der Waals surface area contributed by atoms with Crippen molar-refractivity contribution in [3.05, 3.63) is 34.5 Å². The topological polar surface area (TPSA) is 27.8 Å². The summed E-state index contributed by atoms with van der Waals surface area (Å²) in [6.07, 6.45) is 4.55. The Labute approximate surface area is 106 Å². The third-order valence-corrected chi connectivity index (χ3v) is 4.04. The first-order chi connectivity index (χ1) is 8.25. The van der Waals surface area contributed by atoms with Crippen molar-refractivity contribution in [2.24, 2.45) is 0 Å². The van der Waals surface area contributed by atoms with Gasteiger partial charge in [-0.1, -0.05) is 11.6 Å². The van der Waals surface area contributed by atoms with Gasteiger partial charge in [-0.3, -0.25) is 0 Å². The minimum atomic E-state index is 0.611. The van der Waals surface area contributed by atoms with Gasteiger partial charge < -0.3 is 10.3 Å². The summed E-state index contributed by atoms with van der Waals surface area (Å²) < 4.78 is 0. The molecule has 1 unspecified atom stereocenters. The molecule has 2 heterocycles. The van der Waals surface area contributed by atoms with Gasteiger partial charge in [0, 0.05) is 18.1 Å². The van der Waals surface area contributed by atoms with Gasteiger partial charge in [-0.2, -0.15) is 0 Å². The van der Waals surface area contributed by atoms with Crippen molar-refractivity contribution in [3.8, 4) is 0 Å². The van der Waals surface area contributed by atoms with Crippen LogP contribution in [0.4, 0.5) is 0 Å². The molecule has 0 aliphatic carbocycles. The first-order valence-electron chi connectivity index (χ1n) is 6.23. The number of hydrogen-bond acceptors (Lipinski definition) is 1. The molecule has 0 bridgehead atoms. The van der Waals surface area contributed by atoms with Gasteiger partial charge >= 0.3 is 0 Å². The molecule has 1 saturated heterocycles. The highest BCUT2D eigenvalue weighted by atomic mass is 35.5. The number of fused-ring (bicyclic) bond motifs is 1. The fourth-order valence-electron chi connectivity index (χ4n) is 2.72. The van der Waals surface area contributed by atoms with Gasteiger partial charge in [-0.05, 0) is 55.5 Å². The van der Waals surface area contributed by atoms with Crippen molar-refractivity contribution in [3.63, 3.8) is 0 Å². The molecule has 0 radical (unpaired) electrons. The lowest BCUT2D eigenvalue weighted by molar-refractivity contribution is 0.462. The molecular formula is C14H17ClN2. The third-order valence-electron chi connectivity index (χ3n) is 3.74. The number of aromatic nitrogens is 1. The Bertz CT molecular complexity index is 538. The van der Waals surface area contributed by atoms with E-state index in [0.717, 1.165) is 23.6 Å². The molecule has 17 heavy (non-hydrogen) atoms. The minimum absolute atomic E-state index is 0.611. The Hall–Kier alpha value is -0.990. The molecule has 1 aliphatic rings. The van der Waals surface area contributed by atoms with E-state index in [2.05, 4.69) is 29.4 Å². The summed E-state index contributed by atoms with van der Waals surface area (Å²) in [6, 6.07) is 4.42. The van der Waals surface area contributed by atoms with E-state index < -0.39 is 0 Å². The average Bonchev–Trinajstić information content (AvgIpc) is 2.73. The van der Waals surface area contributed by atoms with Crippen molar-refractivity contribution in [1.29, 1.82) is 0 Å². The van der Waals surface area contributed by atoms with E-state index >= 15 is 0 Å². The maximum atomic E-state index is 6.34. The van der Waals surface area contributed by atoms with Gasteiger partial charge in [0.2, 0.25) is 0 Å². The molecule has 1 aromatic heterocycles. The zero-order valence-electron chi connectivity index (χ0n) is 10.0. The van der Waals surface area contributed by atoms with Crippen LogP contribution in [-0.2, 0) is 0 Å². The van der Waals surface area contributed by atoms with E-state index in [1.165, 1.54) is 29.4 Å². The molecule has 1 aliphatic heterocycles. The maximum absolute atomic E-state index is 6.34. The van der Waals surface area contributed by atoms with Crippen molar-refractivity contribution in [2.45, 2.75) is 25.7 Å². The van der Waals surface area contributed by atoms with Crippen LogP contribution < -0.4 is 5.32 Å². The average molecular weight is 249 g/mol. The van der Waals surface area contributed by atoms with Gasteiger partial charge in [-0.15, -0.1) is 0 Å². The summed E-state index contributed by atoms with van der Waals surface area (Å²) in [5.41, 5.74) is 3.71. The van der Waals surface area contributed by atoms with E-state index in [0.29, 0.717) is 5.92 Å². The normalized spacial score (nSPS) is 20.9. The van der Waals surface area contributed by atoms with Crippen LogP contribution in [0.5, 0.6) is 0 Å². The largest absolute Gasteiger partial charge is 0.360 e. The highest BCUT2D eigenvalue weighted by Crippen LogP contribution is 2.32. The lowest BCUT2D eigenvalue weighted by Crippen LogP contribution is -2.28. The van der Waals surface area contributed by atoms with Crippen molar-refractivity contribution < 1.29 is 0 Å². The van der Waals surface area contributed by atoms with Crippen molar-refractivity contribution >= 4 is 22.5 Å². The van der Waals surface area contributed by atoms with Gasteiger partial charge in [0.25, 0.3) is 0 Å². The molecule has 3 heteroatoms. The molecule has 1 fully saturated rings. The Balaban J connectivity index is 2.07.